The number of aliphatic hydroxyl groups is 1. The van der Waals surface area contributed by atoms with Crippen molar-refractivity contribution >= 4 is 21.0 Å². The highest BCUT2D eigenvalue weighted by Crippen LogP contribution is 2.24. The number of rotatable bonds is 12. The Morgan fingerprint density at radius 3 is 2.53 bits per heavy atom. The second-order valence-electron chi connectivity index (χ2n) is 8.19. The van der Waals surface area contributed by atoms with E-state index in [0.29, 0.717) is 29.5 Å². The first kappa shape index (κ1) is 26.5. The first-order chi connectivity index (χ1) is 16.4. The number of hydrogen-bond donors (Lipinski definition) is 1. The lowest BCUT2D eigenvalue weighted by Crippen LogP contribution is -2.06. The van der Waals surface area contributed by atoms with Gasteiger partial charge in [-0.05, 0) is 61.1 Å². The fourth-order valence-corrected chi connectivity index (χ4v) is 4.65. The standard InChI is InChI=1S/C25H29F3N3OPS/c1-17(9-11-34-16-22(33)15-32)8-10-31-14-21(29-30-31)6-4-18-2-3-19(12-24(18)27)20-5-7-23(26)25(28)13-20/h2-3,5,7,9,12-14,22,32H,4,6,8,10-11,15-16,33H2,1H3/b17-9+. The summed E-state index contributed by atoms with van der Waals surface area (Å²) >= 11 is 1.79. The van der Waals surface area contributed by atoms with E-state index in [9.17, 15) is 13.2 Å². The van der Waals surface area contributed by atoms with Crippen LogP contribution in [-0.2, 0) is 19.4 Å². The Kier molecular flexibility index (Phi) is 10.2. The van der Waals surface area contributed by atoms with Gasteiger partial charge in [-0.2, -0.15) is 11.8 Å². The van der Waals surface area contributed by atoms with Crippen LogP contribution in [0.1, 0.15) is 24.6 Å². The van der Waals surface area contributed by atoms with Crippen molar-refractivity contribution in [1.29, 1.82) is 0 Å². The lowest BCUT2D eigenvalue weighted by atomic mass is 10.0. The average molecular weight is 508 g/mol. The number of aliphatic hydroxyl groups excluding tert-OH is 1. The van der Waals surface area contributed by atoms with Gasteiger partial charge in [0.1, 0.15) is 5.82 Å². The molecule has 0 fully saturated rings. The van der Waals surface area contributed by atoms with Crippen LogP contribution in [0, 0.1) is 17.5 Å². The van der Waals surface area contributed by atoms with Crippen molar-refractivity contribution in [2.75, 3.05) is 18.1 Å². The Balaban J connectivity index is 1.48. The number of thioether (sulfide) groups is 1. The molecule has 4 nitrogen and oxygen atoms in total. The summed E-state index contributed by atoms with van der Waals surface area (Å²) in [5, 5.41) is 17.4. The predicted octanol–water partition coefficient (Wildman–Crippen LogP) is 5.45. The second kappa shape index (κ2) is 13.1. The Labute approximate surface area is 204 Å². The Hall–Kier alpha value is -2.15. The van der Waals surface area contributed by atoms with Crippen molar-refractivity contribution in [1.82, 2.24) is 15.0 Å². The van der Waals surface area contributed by atoms with Crippen molar-refractivity contribution in [3.05, 3.63) is 83.0 Å². The van der Waals surface area contributed by atoms with E-state index in [-0.39, 0.29) is 18.1 Å². The quantitative estimate of drug-likeness (QED) is 0.201. The van der Waals surface area contributed by atoms with E-state index < -0.39 is 11.6 Å². The smallest absolute Gasteiger partial charge is 0.159 e. The molecule has 0 radical (unpaired) electrons. The van der Waals surface area contributed by atoms with E-state index >= 15 is 0 Å². The summed E-state index contributed by atoms with van der Waals surface area (Å²) in [6.45, 7) is 3.00. The van der Waals surface area contributed by atoms with Gasteiger partial charge in [0.05, 0.1) is 12.3 Å². The minimum absolute atomic E-state index is 0.185. The molecule has 0 spiro atoms. The molecular formula is C25H29F3N3OPS. The topological polar surface area (TPSA) is 50.9 Å². The Bertz CT molecular complexity index is 1120. The van der Waals surface area contributed by atoms with Crippen LogP contribution in [-0.4, -0.2) is 43.9 Å². The summed E-state index contributed by atoms with van der Waals surface area (Å²) in [7, 11) is 2.64. The van der Waals surface area contributed by atoms with Crippen molar-refractivity contribution in [3.8, 4) is 11.1 Å². The highest BCUT2D eigenvalue weighted by molar-refractivity contribution is 7.99. The van der Waals surface area contributed by atoms with E-state index in [1.807, 2.05) is 6.20 Å². The monoisotopic (exact) mass is 507 g/mol. The molecule has 2 aromatic carbocycles. The summed E-state index contributed by atoms with van der Waals surface area (Å²) in [6, 6.07) is 8.25. The molecule has 0 saturated carbocycles. The van der Waals surface area contributed by atoms with Gasteiger partial charge >= 0.3 is 0 Å². The molecule has 2 unspecified atom stereocenters. The van der Waals surface area contributed by atoms with E-state index in [2.05, 4.69) is 32.6 Å². The first-order valence-corrected chi connectivity index (χ1v) is 12.9. The molecule has 0 aliphatic rings. The van der Waals surface area contributed by atoms with Crippen LogP contribution in [0.4, 0.5) is 13.2 Å². The van der Waals surface area contributed by atoms with Crippen LogP contribution in [0.25, 0.3) is 11.1 Å². The van der Waals surface area contributed by atoms with Crippen LogP contribution in [0.15, 0.2) is 54.2 Å². The number of aryl methyl sites for hydroxylation is 3. The van der Waals surface area contributed by atoms with Gasteiger partial charge in [-0.15, -0.1) is 14.3 Å². The third kappa shape index (κ3) is 7.97. The molecule has 2 atom stereocenters. The molecule has 0 aliphatic heterocycles. The third-order valence-electron chi connectivity index (χ3n) is 5.39. The van der Waals surface area contributed by atoms with Gasteiger partial charge in [0.15, 0.2) is 11.6 Å². The first-order valence-electron chi connectivity index (χ1n) is 11.1. The number of aromatic nitrogens is 3. The lowest BCUT2D eigenvalue weighted by molar-refractivity contribution is 0.301. The zero-order valence-electron chi connectivity index (χ0n) is 19.1. The van der Waals surface area contributed by atoms with Gasteiger partial charge in [-0.25, -0.2) is 13.2 Å². The highest BCUT2D eigenvalue weighted by atomic mass is 32.2. The van der Waals surface area contributed by atoms with Crippen LogP contribution in [0.3, 0.4) is 0 Å². The van der Waals surface area contributed by atoms with Gasteiger partial charge in [-0.1, -0.05) is 35.1 Å². The van der Waals surface area contributed by atoms with Crippen molar-refractivity contribution in [3.63, 3.8) is 0 Å². The fourth-order valence-electron chi connectivity index (χ4n) is 3.30. The molecule has 34 heavy (non-hydrogen) atoms. The molecule has 0 aliphatic carbocycles. The maximum absolute atomic E-state index is 14.6. The minimum atomic E-state index is -0.957. The van der Waals surface area contributed by atoms with Crippen LogP contribution in [0.2, 0.25) is 0 Å². The zero-order chi connectivity index (χ0) is 24.5. The summed E-state index contributed by atoms with van der Waals surface area (Å²) in [6.07, 6.45) is 5.96. The molecule has 0 amide bonds. The molecule has 1 aromatic heterocycles. The molecule has 1 N–H and O–H groups in total. The fraction of sp³-hybridized carbons (Fsp3) is 0.360. The summed E-state index contributed by atoms with van der Waals surface area (Å²) in [4.78, 5) is 0. The van der Waals surface area contributed by atoms with Gasteiger partial charge in [0.25, 0.3) is 0 Å². The van der Waals surface area contributed by atoms with E-state index in [1.165, 1.54) is 17.7 Å². The largest absolute Gasteiger partial charge is 0.396 e. The van der Waals surface area contributed by atoms with Gasteiger partial charge in [0, 0.05) is 29.9 Å². The van der Waals surface area contributed by atoms with Crippen molar-refractivity contribution in [2.45, 2.75) is 38.4 Å². The molecule has 3 rings (SSSR count). The molecule has 3 aromatic rings. The molecule has 9 heteroatoms. The third-order valence-corrected chi connectivity index (χ3v) is 7.25. The number of benzene rings is 2. The van der Waals surface area contributed by atoms with Crippen molar-refractivity contribution in [2.24, 2.45) is 0 Å². The lowest BCUT2D eigenvalue weighted by Gasteiger charge is -2.07. The number of hydrogen-bond acceptors (Lipinski definition) is 4. The Morgan fingerprint density at radius 2 is 1.82 bits per heavy atom. The van der Waals surface area contributed by atoms with Crippen LogP contribution >= 0.6 is 21.0 Å². The predicted molar refractivity (Wildman–Crippen MR) is 135 cm³/mol. The molecule has 182 valence electrons. The van der Waals surface area contributed by atoms with Gasteiger partial charge < -0.3 is 5.11 Å². The number of nitrogens with zero attached hydrogens (tertiary/aromatic N) is 3. The summed E-state index contributed by atoms with van der Waals surface area (Å²) < 4.78 is 43.0. The molecule has 1 heterocycles. The van der Waals surface area contributed by atoms with E-state index in [4.69, 9.17) is 5.11 Å². The summed E-state index contributed by atoms with van der Waals surface area (Å²) in [5.74, 6) is -0.449. The average Bonchev–Trinajstić information content (AvgIpc) is 3.29. The van der Waals surface area contributed by atoms with Gasteiger partial charge in [0.2, 0.25) is 0 Å². The summed E-state index contributed by atoms with van der Waals surface area (Å²) in [5.41, 5.74) is 3.75. The Morgan fingerprint density at radius 1 is 1.09 bits per heavy atom. The SMILES string of the molecule is C/C(=C\CSCC(P)CO)CCn1cc(CCc2ccc(-c3ccc(F)c(F)c3)cc2F)nn1. The normalized spacial score (nSPS) is 12.8. The maximum Gasteiger partial charge on any atom is 0.159 e. The van der Waals surface area contributed by atoms with Gasteiger partial charge in [-0.3, -0.25) is 4.68 Å². The number of allylic oxidation sites excluding steroid dienone is 1. The molecule has 0 saturated heterocycles. The van der Waals surface area contributed by atoms with E-state index in [1.54, 1.807) is 28.6 Å². The van der Waals surface area contributed by atoms with Crippen LogP contribution in [0.5, 0.6) is 0 Å². The van der Waals surface area contributed by atoms with E-state index in [0.717, 1.165) is 42.3 Å². The molecule has 0 bridgehead atoms. The van der Waals surface area contributed by atoms with Crippen LogP contribution < -0.4 is 0 Å². The minimum Gasteiger partial charge on any atom is -0.396 e. The zero-order valence-corrected chi connectivity index (χ0v) is 21.0. The molecular weight excluding hydrogens is 478 g/mol. The second-order valence-corrected chi connectivity index (χ2v) is 10.2. The highest BCUT2D eigenvalue weighted by Gasteiger charge is 2.10. The van der Waals surface area contributed by atoms with Crippen molar-refractivity contribution < 1.29 is 18.3 Å². The maximum atomic E-state index is 14.6. The number of halogens is 3.